The fourth-order valence-corrected chi connectivity index (χ4v) is 7.47. The Labute approximate surface area is 275 Å². The van der Waals surface area contributed by atoms with Crippen LogP contribution in [-0.2, 0) is 17.0 Å². The molecular formula is C34H34BrClN4O3S. The molecule has 0 amide bonds. The molecule has 2 aliphatic rings. The second kappa shape index (κ2) is 13.0. The summed E-state index contributed by atoms with van der Waals surface area (Å²) in [7, 11) is 0. The summed E-state index contributed by atoms with van der Waals surface area (Å²) in [4.78, 5) is 18.6. The van der Waals surface area contributed by atoms with Crippen molar-refractivity contribution in [1.29, 1.82) is 0 Å². The predicted octanol–water partition coefficient (Wildman–Crippen LogP) is 8.66. The van der Waals surface area contributed by atoms with E-state index in [4.69, 9.17) is 31.2 Å². The Kier molecular flexibility index (Phi) is 9.08. The van der Waals surface area contributed by atoms with Gasteiger partial charge in [0.25, 0.3) is 0 Å². The predicted molar refractivity (Wildman–Crippen MR) is 179 cm³/mol. The Morgan fingerprint density at radius 3 is 2.64 bits per heavy atom. The van der Waals surface area contributed by atoms with Crippen LogP contribution in [0.2, 0.25) is 5.02 Å². The first-order valence-corrected chi connectivity index (χ1v) is 16.9. The van der Waals surface area contributed by atoms with E-state index in [0.29, 0.717) is 53.0 Å². The highest BCUT2D eigenvalue weighted by atomic mass is 79.9. The van der Waals surface area contributed by atoms with Gasteiger partial charge in [0.15, 0.2) is 17.3 Å². The molecule has 7 nitrogen and oxygen atoms in total. The quantitative estimate of drug-likeness (QED) is 0.167. The van der Waals surface area contributed by atoms with E-state index < -0.39 is 6.04 Å². The molecule has 1 atom stereocenters. The number of carbonyl (C=O) groups excluding carboxylic acids is 1. The third-order valence-corrected chi connectivity index (χ3v) is 9.60. The molecule has 10 heteroatoms. The molecule has 1 N–H and O–H groups in total. The number of thioether (sulfide) groups is 1. The van der Waals surface area contributed by atoms with Crippen molar-refractivity contribution in [3.63, 3.8) is 0 Å². The highest BCUT2D eigenvalue weighted by molar-refractivity contribution is 9.10. The standard InChI is InChI=1S/C34H34BrClN4O3S/c1-4-42-28-17-23(16-24(35)31(28)43-15-14-21-10-6-5-7-11-21)30-29-26(18-34(2,3)19-27(29)41)37-32-38-33(39-40(30)32)44-20-22-12-8-9-13-25(22)36/h5-13,16-17,30H,4,14-15,18-20H2,1-3H3,(H,37,38,39). The molecule has 0 bridgehead atoms. The first kappa shape index (κ1) is 30.7. The lowest BCUT2D eigenvalue weighted by Gasteiger charge is -2.38. The average Bonchev–Trinajstić information content (AvgIpc) is 3.39. The minimum atomic E-state index is -0.471. The van der Waals surface area contributed by atoms with Crippen molar-refractivity contribution in [2.75, 3.05) is 18.5 Å². The molecule has 6 rings (SSSR count). The van der Waals surface area contributed by atoms with Gasteiger partial charge in [-0.05, 0) is 69.6 Å². The molecule has 228 valence electrons. The Balaban J connectivity index is 1.36. The molecule has 0 radical (unpaired) electrons. The van der Waals surface area contributed by atoms with E-state index in [2.05, 4.69) is 47.2 Å². The Morgan fingerprint density at radius 1 is 1.09 bits per heavy atom. The first-order chi connectivity index (χ1) is 21.2. The van der Waals surface area contributed by atoms with Gasteiger partial charge in [0, 0.05) is 34.9 Å². The lowest BCUT2D eigenvalue weighted by molar-refractivity contribution is -0.118. The van der Waals surface area contributed by atoms with Crippen LogP contribution < -0.4 is 14.8 Å². The number of rotatable bonds is 10. The second-order valence-electron chi connectivity index (χ2n) is 11.8. The van der Waals surface area contributed by atoms with Gasteiger partial charge in [-0.2, -0.15) is 4.98 Å². The number of ketones is 1. The molecule has 1 aliphatic heterocycles. The van der Waals surface area contributed by atoms with Crippen LogP contribution in [0.15, 0.2) is 87.6 Å². The summed E-state index contributed by atoms with van der Waals surface area (Å²) in [6, 6.07) is 21.5. The van der Waals surface area contributed by atoms with Crippen molar-refractivity contribution in [2.24, 2.45) is 5.41 Å². The lowest BCUT2D eigenvalue weighted by Crippen LogP contribution is -2.36. The number of nitrogens with zero attached hydrogens (tertiary/aromatic N) is 3. The van der Waals surface area contributed by atoms with Crippen LogP contribution in [0.5, 0.6) is 11.5 Å². The summed E-state index contributed by atoms with van der Waals surface area (Å²) in [5.74, 6) is 2.60. The van der Waals surface area contributed by atoms with Crippen molar-refractivity contribution in [3.8, 4) is 11.5 Å². The van der Waals surface area contributed by atoms with Crippen LogP contribution in [-0.4, -0.2) is 33.8 Å². The van der Waals surface area contributed by atoms with Gasteiger partial charge in [-0.3, -0.25) is 4.79 Å². The third kappa shape index (κ3) is 6.55. The van der Waals surface area contributed by atoms with Crippen LogP contribution in [0.3, 0.4) is 0 Å². The Morgan fingerprint density at radius 2 is 1.86 bits per heavy atom. The van der Waals surface area contributed by atoms with Gasteiger partial charge in [0.1, 0.15) is 6.04 Å². The fourth-order valence-electron chi connectivity index (χ4n) is 5.78. The molecule has 1 unspecified atom stereocenters. The summed E-state index contributed by atoms with van der Waals surface area (Å²) in [6.07, 6.45) is 1.97. The summed E-state index contributed by atoms with van der Waals surface area (Å²) in [5.41, 5.74) is 4.54. The van der Waals surface area contributed by atoms with E-state index in [1.54, 1.807) is 0 Å². The van der Waals surface area contributed by atoms with Crippen molar-refractivity contribution in [2.45, 2.75) is 57.0 Å². The van der Waals surface area contributed by atoms with Gasteiger partial charge in [-0.1, -0.05) is 85.7 Å². The van der Waals surface area contributed by atoms with Gasteiger partial charge in [0.2, 0.25) is 11.1 Å². The largest absolute Gasteiger partial charge is 0.490 e. The highest BCUT2D eigenvalue weighted by Crippen LogP contribution is 2.48. The molecule has 44 heavy (non-hydrogen) atoms. The van der Waals surface area contributed by atoms with Gasteiger partial charge in [-0.15, -0.1) is 5.10 Å². The smallest absolute Gasteiger partial charge is 0.227 e. The van der Waals surface area contributed by atoms with Gasteiger partial charge >= 0.3 is 0 Å². The van der Waals surface area contributed by atoms with Crippen molar-refractivity contribution < 1.29 is 14.3 Å². The molecule has 1 aliphatic carbocycles. The van der Waals surface area contributed by atoms with Crippen LogP contribution in [0.4, 0.5) is 5.95 Å². The first-order valence-electron chi connectivity index (χ1n) is 14.7. The van der Waals surface area contributed by atoms with Gasteiger partial charge in [0.05, 0.1) is 17.7 Å². The number of nitrogens with one attached hydrogen (secondary N) is 1. The number of anilines is 1. The number of benzene rings is 3. The van der Waals surface area contributed by atoms with Crippen molar-refractivity contribution in [1.82, 2.24) is 14.8 Å². The van der Waals surface area contributed by atoms with E-state index in [-0.39, 0.29) is 11.2 Å². The highest BCUT2D eigenvalue weighted by Gasteiger charge is 2.42. The summed E-state index contributed by atoms with van der Waals surface area (Å²) in [5, 5.41) is 9.70. The fraction of sp³-hybridized carbons (Fsp3) is 0.324. The maximum atomic E-state index is 13.8. The maximum absolute atomic E-state index is 13.8. The van der Waals surface area contributed by atoms with E-state index in [1.165, 1.54) is 17.3 Å². The van der Waals surface area contributed by atoms with Crippen molar-refractivity contribution >= 4 is 51.0 Å². The molecular weight excluding hydrogens is 660 g/mol. The Hall–Kier alpha value is -3.27. The monoisotopic (exact) mass is 692 g/mol. The van der Waals surface area contributed by atoms with Gasteiger partial charge in [-0.25, -0.2) is 4.68 Å². The Bertz CT molecular complexity index is 1720. The van der Waals surface area contributed by atoms with E-state index in [9.17, 15) is 4.79 Å². The molecule has 3 aromatic carbocycles. The normalized spacial score (nSPS) is 17.1. The molecule has 0 saturated heterocycles. The number of hydrogen-bond donors (Lipinski definition) is 1. The lowest BCUT2D eigenvalue weighted by atomic mass is 9.73. The van der Waals surface area contributed by atoms with Crippen LogP contribution in [0.25, 0.3) is 0 Å². The number of halogens is 2. The topological polar surface area (TPSA) is 78.3 Å². The maximum Gasteiger partial charge on any atom is 0.227 e. The zero-order valence-corrected chi connectivity index (χ0v) is 28.1. The average molecular weight is 694 g/mol. The number of aromatic nitrogens is 3. The number of carbonyl (C=O) groups is 1. The summed E-state index contributed by atoms with van der Waals surface area (Å²) >= 11 is 11.7. The molecule has 0 spiro atoms. The van der Waals surface area contributed by atoms with E-state index in [0.717, 1.165) is 39.7 Å². The molecule has 0 fully saturated rings. The number of ether oxygens (including phenoxy) is 2. The molecule has 4 aromatic rings. The third-order valence-electron chi connectivity index (χ3n) is 7.75. The number of allylic oxidation sites excluding steroid dienone is 2. The van der Waals surface area contributed by atoms with Gasteiger partial charge < -0.3 is 14.8 Å². The summed E-state index contributed by atoms with van der Waals surface area (Å²) in [6.45, 7) is 7.17. The minimum absolute atomic E-state index is 0.109. The summed E-state index contributed by atoms with van der Waals surface area (Å²) < 4.78 is 15.0. The van der Waals surface area contributed by atoms with Crippen molar-refractivity contribution in [3.05, 3.63) is 104 Å². The van der Waals surface area contributed by atoms with Crippen LogP contribution >= 0.6 is 39.3 Å². The number of hydrogen-bond acceptors (Lipinski definition) is 7. The van der Waals surface area contributed by atoms with Crippen LogP contribution in [0.1, 0.15) is 56.3 Å². The zero-order chi connectivity index (χ0) is 30.8. The molecule has 2 heterocycles. The number of Topliss-reactive ketones (excluding diaryl/α,β-unsaturated/α-hetero) is 1. The molecule has 1 aromatic heterocycles. The minimum Gasteiger partial charge on any atom is -0.490 e. The van der Waals surface area contributed by atoms with E-state index in [1.807, 2.05) is 66.2 Å². The zero-order valence-electron chi connectivity index (χ0n) is 24.9. The number of fused-ring (bicyclic) bond motifs is 1. The van der Waals surface area contributed by atoms with Crippen LogP contribution in [0, 0.1) is 5.41 Å². The second-order valence-corrected chi connectivity index (χ2v) is 14.0. The van der Waals surface area contributed by atoms with E-state index >= 15 is 0 Å². The SMILES string of the molecule is CCOc1cc(C2C3=C(CC(C)(C)CC3=O)Nc3nc(SCc4ccccc4Cl)nn32)cc(Br)c1OCCc1ccccc1. The molecule has 0 saturated carbocycles.